The van der Waals surface area contributed by atoms with Gasteiger partial charge in [-0.3, -0.25) is 10.4 Å². The summed E-state index contributed by atoms with van der Waals surface area (Å²) in [7, 11) is 2.96. The molecular weight excluding hydrogens is 306 g/mol. The summed E-state index contributed by atoms with van der Waals surface area (Å²) in [5.74, 6) is 0.605. The van der Waals surface area contributed by atoms with Gasteiger partial charge in [-0.2, -0.15) is 5.10 Å². The molecule has 0 saturated heterocycles. The number of benzene rings is 2. The summed E-state index contributed by atoms with van der Waals surface area (Å²) < 4.78 is 10.3. The molecule has 0 saturated carbocycles. The van der Waals surface area contributed by atoms with Crippen LogP contribution in [-0.2, 0) is 0 Å². The number of para-hydroxylation sites is 1. The van der Waals surface area contributed by atoms with Crippen molar-refractivity contribution in [3.05, 3.63) is 54.2 Å². The molecule has 0 bridgehead atoms. The van der Waals surface area contributed by atoms with Crippen LogP contribution in [0.5, 0.6) is 17.2 Å². The number of pyridine rings is 1. The molecule has 0 atom stereocenters. The molecule has 3 rings (SSSR count). The van der Waals surface area contributed by atoms with Crippen molar-refractivity contribution >= 4 is 22.8 Å². The molecule has 0 amide bonds. The lowest BCUT2D eigenvalue weighted by Crippen LogP contribution is -1.95. The first-order valence-electron chi connectivity index (χ1n) is 7.30. The monoisotopic (exact) mass is 323 g/mol. The number of hydrogen-bond donors (Lipinski definition) is 2. The lowest BCUT2D eigenvalue weighted by atomic mass is 10.2. The van der Waals surface area contributed by atoms with Gasteiger partial charge in [-0.15, -0.1) is 0 Å². The molecule has 6 nitrogen and oxygen atoms in total. The fraction of sp³-hybridized carbons (Fsp3) is 0.111. The minimum absolute atomic E-state index is 0.0386. The van der Waals surface area contributed by atoms with Gasteiger partial charge in [0.15, 0.2) is 11.5 Å². The highest BCUT2D eigenvalue weighted by molar-refractivity contribution is 5.91. The second kappa shape index (κ2) is 6.87. The Morgan fingerprint density at radius 3 is 2.50 bits per heavy atom. The highest BCUT2D eigenvalue weighted by atomic mass is 16.5. The van der Waals surface area contributed by atoms with E-state index < -0.39 is 0 Å². The van der Waals surface area contributed by atoms with E-state index in [4.69, 9.17) is 9.47 Å². The SMILES string of the molecule is COc1cc(C=NNc2cccc3cccnc23)cc(OC)c1O. The van der Waals surface area contributed by atoms with Crippen molar-refractivity contribution in [3.8, 4) is 17.2 Å². The summed E-state index contributed by atoms with van der Waals surface area (Å²) >= 11 is 0. The average molecular weight is 323 g/mol. The Kier molecular flexibility index (Phi) is 4.47. The maximum Gasteiger partial charge on any atom is 0.200 e. The Labute approximate surface area is 139 Å². The van der Waals surface area contributed by atoms with Crippen molar-refractivity contribution in [2.45, 2.75) is 0 Å². The van der Waals surface area contributed by atoms with Crippen LogP contribution in [0.25, 0.3) is 10.9 Å². The van der Waals surface area contributed by atoms with Crippen molar-refractivity contribution < 1.29 is 14.6 Å². The van der Waals surface area contributed by atoms with E-state index in [1.165, 1.54) is 14.2 Å². The normalized spacial score (nSPS) is 10.9. The number of methoxy groups -OCH3 is 2. The number of fused-ring (bicyclic) bond motifs is 1. The van der Waals surface area contributed by atoms with Crippen LogP contribution < -0.4 is 14.9 Å². The number of hydrazone groups is 1. The molecule has 0 fully saturated rings. The van der Waals surface area contributed by atoms with E-state index in [0.29, 0.717) is 11.5 Å². The van der Waals surface area contributed by atoms with Gasteiger partial charge in [0.2, 0.25) is 5.75 Å². The molecule has 6 heteroatoms. The molecule has 122 valence electrons. The first-order valence-corrected chi connectivity index (χ1v) is 7.30. The molecule has 2 N–H and O–H groups in total. The van der Waals surface area contributed by atoms with Crippen LogP contribution in [0.1, 0.15) is 5.56 Å². The third kappa shape index (κ3) is 3.08. The molecule has 3 aromatic rings. The Hall–Kier alpha value is -3.28. The van der Waals surface area contributed by atoms with E-state index in [1.807, 2.05) is 30.3 Å². The largest absolute Gasteiger partial charge is 0.502 e. The van der Waals surface area contributed by atoms with Crippen molar-refractivity contribution in [2.75, 3.05) is 19.6 Å². The van der Waals surface area contributed by atoms with E-state index in [1.54, 1.807) is 24.5 Å². The van der Waals surface area contributed by atoms with Gasteiger partial charge in [-0.1, -0.05) is 18.2 Å². The zero-order valence-corrected chi connectivity index (χ0v) is 13.4. The van der Waals surface area contributed by atoms with Crippen molar-refractivity contribution in [1.82, 2.24) is 4.98 Å². The maximum atomic E-state index is 9.92. The quantitative estimate of drug-likeness (QED) is 0.556. The van der Waals surface area contributed by atoms with Gasteiger partial charge in [0, 0.05) is 17.1 Å². The number of phenols is 1. The number of anilines is 1. The van der Waals surface area contributed by atoms with Gasteiger partial charge < -0.3 is 14.6 Å². The molecule has 0 spiro atoms. The predicted molar refractivity (Wildman–Crippen MR) is 94.2 cm³/mol. The molecule has 0 unspecified atom stereocenters. The van der Waals surface area contributed by atoms with E-state index in [0.717, 1.165) is 22.2 Å². The van der Waals surface area contributed by atoms with Crippen LogP contribution >= 0.6 is 0 Å². The third-order valence-corrected chi connectivity index (χ3v) is 3.53. The third-order valence-electron chi connectivity index (χ3n) is 3.53. The van der Waals surface area contributed by atoms with Crippen LogP contribution in [0.3, 0.4) is 0 Å². The Morgan fingerprint density at radius 2 is 1.79 bits per heavy atom. The van der Waals surface area contributed by atoms with E-state index >= 15 is 0 Å². The number of aromatic nitrogens is 1. The molecule has 0 aliphatic rings. The molecule has 1 heterocycles. The van der Waals surface area contributed by atoms with Crippen molar-refractivity contribution in [2.24, 2.45) is 5.10 Å². The summed E-state index contributed by atoms with van der Waals surface area (Å²) in [5, 5.41) is 15.2. The lowest BCUT2D eigenvalue weighted by Gasteiger charge is -2.09. The summed E-state index contributed by atoms with van der Waals surface area (Å²) in [6.07, 6.45) is 3.36. The van der Waals surface area contributed by atoms with Crippen molar-refractivity contribution in [3.63, 3.8) is 0 Å². The number of aromatic hydroxyl groups is 1. The van der Waals surface area contributed by atoms with Crippen LogP contribution in [0.4, 0.5) is 5.69 Å². The number of nitrogens with zero attached hydrogens (tertiary/aromatic N) is 2. The smallest absolute Gasteiger partial charge is 0.200 e. The van der Waals surface area contributed by atoms with E-state index in [-0.39, 0.29) is 5.75 Å². The predicted octanol–water partition coefficient (Wildman–Crippen LogP) is 3.40. The minimum Gasteiger partial charge on any atom is -0.502 e. The molecule has 0 radical (unpaired) electrons. The highest BCUT2D eigenvalue weighted by Gasteiger charge is 2.10. The topological polar surface area (TPSA) is 76.0 Å². The van der Waals surface area contributed by atoms with Gasteiger partial charge in [-0.25, -0.2) is 0 Å². The standard InChI is InChI=1S/C18H17N3O3/c1-23-15-9-12(10-16(24-2)18(15)22)11-20-21-14-7-3-5-13-6-4-8-19-17(13)14/h3-11,21-22H,1-2H3. The summed E-state index contributed by atoms with van der Waals surface area (Å²) in [5.41, 5.74) is 5.37. The van der Waals surface area contributed by atoms with Crippen LogP contribution in [0, 0.1) is 0 Å². The van der Waals surface area contributed by atoms with E-state index in [9.17, 15) is 5.11 Å². The molecule has 0 aliphatic heterocycles. The van der Waals surface area contributed by atoms with Gasteiger partial charge in [0.05, 0.1) is 31.6 Å². The van der Waals surface area contributed by atoms with Gasteiger partial charge in [-0.05, 0) is 24.3 Å². The second-order valence-electron chi connectivity index (χ2n) is 5.02. The minimum atomic E-state index is -0.0386. The Morgan fingerprint density at radius 1 is 1.08 bits per heavy atom. The average Bonchev–Trinajstić information content (AvgIpc) is 2.63. The Balaban J connectivity index is 1.86. The van der Waals surface area contributed by atoms with Gasteiger partial charge in [0.1, 0.15) is 0 Å². The summed E-state index contributed by atoms with van der Waals surface area (Å²) in [6.45, 7) is 0. The lowest BCUT2D eigenvalue weighted by molar-refractivity contribution is 0.340. The molecule has 0 aliphatic carbocycles. The maximum absolute atomic E-state index is 9.92. The Bertz CT molecular complexity index is 863. The highest BCUT2D eigenvalue weighted by Crippen LogP contribution is 2.36. The molecule has 1 aromatic heterocycles. The van der Waals surface area contributed by atoms with Crippen LogP contribution in [0.2, 0.25) is 0 Å². The second-order valence-corrected chi connectivity index (χ2v) is 5.02. The zero-order chi connectivity index (χ0) is 16.9. The fourth-order valence-corrected chi connectivity index (χ4v) is 2.36. The van der Waals surface area contributed by atoms with Crippen LogP contribution in [-0.4, -0.2) is 30.5 Å². The zero-order valence-electron chi connectivity index (χ0n) is 13.4. The number of nitrogens with one attached hydrogen (secondary N) is 1. The number of hydrogen-bond acceptors (Lipinski definition) is 6. The number of phenolic OH excluding ortho intramolecular Hbond substituents is 1. The van der Waals surface area contributed by atoms with E-state index in [2.05, 4.69) is 15.5 Å². The molecular formula is C18H17N3O3. The van der Waals surface area contributed by atoms with Crippen LogP contribution in [0.15, 0.2) is 53.8 Å². The van der Waals surface area contributed by atoms with Gasteiger partial charge in [0.25, 0.3) is 0 Å². The van der Waals surface area contributed by atoms with Gasteiger partial charge >= 0.3 is 0 Å². The summed E-state index contributed by atoms with van der Waals surface area (Å²) in [4.78, 5) is 4.36. The number of rotatable bonds is 5. The fourth-order valence-electron chi connectivity index (χ4n) is 2.36. The van der Waals surface area contributed by atoms with Crippen molar-refractivity contribution in [1.29, 1.82) is 0 Å². The summed E-state index contributed by atoms with van der Waals surface area (Å²) in [6, 6.07) is 13.1. The first-order chi connectivity index (χ1) is 11.7. The molecule has 2 aromatic carbocycles. The first kappa shape index (κ1) is 15.6. The molecule has 24 heavy (non-hydrogen) atoms. The number of ether oxygens (including phenoxy) is 2.